The summed E-state index contributed by atoms with van der Waals surface area (Å²) in [7, 11) is 0. The van der Waals surface area contributed by atoms with Crippen molar-refractivity contribution in [3.8, 4) is 0 Å². The summed E-state index contributed by atoms with van der Waals surface area (Å²) in [5.74, 6) is 0. The van der Waals surface area contributed by atoms with Crippen molar-refractivity contribution < 1.29 is 0 Å². The lowest BCUT2D eigenvalue weighted by Gasteiger charge is -2.04. The lowest BCUT2D eigenvalue weighted by molar-refractivity contribution is 0.723. The van der Waals surface area contributed by atoms with Crippen LogP contribution in [-0.2, 0) is 6.54 Å². The third kappa shape index (κ3) is 3.70. The molecule has 5 heteroatoms. The third-order valence-corrected chi connectivity index (χ3v) is 3.69. The summed E-state index contributed by atoms with van der Waals surface area (Å²) in [6.07, 6.45) is 3.61. The van der Waals surface area contributed by atoms with Crippen molar-refractivity contribution >= 4 is 23.4 Å². The predicted molar refractivity (Wildman–Crippen MR) is 75.0 cm³/mol. The molecule has 2 heterocycles. The first-order valence-electron chi connectivity index (χ1n) is 5.73. The van der Waals surface area contributed by atoms with Gasteiger partial charge in [0.15, 0.2) is 0 Å². The van der Waals surface area contributed by atoms with E-state index in [1.54, 1.807) is 6.20 Å². The van der Waals surface area contributed by atoms with Gasteiger partial charge in [0.1, 0.15) is 10.1 Å². The van der Waals surface area contributed by atoms with Gasteiger partial charge in [0.25, 0.3) is 0 Å². The molecule has 0 aliphatic carbocycles. The summed E-state index contributed by atoms with van der Waals surface area (Å²) in [4.78, 5) is 8.62. The molecule has 1 N–H and O–H groups in total. The summed E-state index contributed by atoms with van der Waals surface area (Å²) in [5, 5.41) is 5.60. The Morgan fingerprint density at radius 3 is 2.83 bits per heavy atom. The molecule has 0 spiro atoms. The standard InChI is InChI=1S/C13H14ClN3S/c1-2-15-8-10-5-6-12(17-9-10)18-13-11(14)4-3-7-16-13/h3-7,9,15H,2,8H2,1H3. The maximum absolute atomic E-state index is 6.05. The Kier molecular flexibility index (Phi) is 4.99. The molecule has 2 aromatic rings. The molecule has 0 aliphatic rings. The van der Waals surface area contributed by atoms with Crippen LogP contribution >= 0.6 is 23.4 Å². The van der Waals surface area contributed by atoms with Crippen LogP contribution in [0.4, 0.5) is 0 Å². The second-order valence-electron chi connectivity index (χ2n) is 3.68. The summed E-state index contributed by atoms with van der Waals surface area (Å²) in [6.45, 7) is 3.89. The van der Waals surface area contributed by atoms with Gasteiger partial charge in [-0.25, -0.2) is 9.97 Å². The van der Waals surface area contributed by atoms with Gasteiger partial charge < -0.3 is 5.32 Å². The first-order chi connectivity index (χ1) is 8.79. The van der Waals surface area contributed by atoms with E-state index in [1.807, 2.05) is 24.4 Å². The Bertz CT molecular complexity index is 502. The lowest BCUT2D eigenvalue weighted by atomic mass is 10.3. The highest BCUT2D eigenvalue weighted by molar-refractivity contribution is 7.99. The maximum atomic E-state index is 6.05. The van der Waals surface area contributed by atoms with Crippen molar-refractivity contribution in [1.29, 1.82) is 0 Å². The maximum Gasteiger partial charge on any atom is 0.121 e. The van der Waals surface area contributed by atoms with Crippen LogP contribution in [0.15, 0.2) is 46.7 Å². The van der Waals surface area contributed by atoms with E-state index in [1.165, 1.54) is 17.3 Å². The molecule has 0 saturated carbocycles. The number of hydrogen-bond donors (Lipinski definition) is 1. The molecule has 2 aromatic heterocycles. The smallest absolute Gasteiger partial charge is 0.121 e. The minimum Gasteiger partial charge on any atom is -0.313 e. The molecule has 0 atom stereocenters. The number of pyridine rings is 2. The summed E-state index contributed by atoms with van der Waals surface area (Å²) in [6, 6.07) is 7.70. The molecule has 0 fully saturated rings. The Morgan fingerprint density at radius 2 is 2.17 bits per heavy atom. The highest BCUT2D eigenvalue weighted by Gasteiger charge is 2.04. The van der Waals surface area contributed by atoms with Crippen LogP contribution in [0.3, 0.4) is 0 Å². The molecule has 3 nitrogen and oxygen atoms in total. The minimum atomic E-state index is 0.654. The third-order valence-electron chi connectivity index (χ3n) is 2.30. The van der Waals surface area contributed by atoms with Crippen LogP contribution < -0.4 is 5.32 Å². The molecule has 0 aliphatic heterocycles. The zero-order valence-corrected chi connectivity index (χ0v) is 11.6. The second-order valence-corrected chi connectivity index (χ2v) is 5.09. The monoisotopic (exact) mass is 279 g/mol. The Morgan fingerprint density at radius 1 is 1.28 bits per heavy atom. The fourth-order valence-electron chi connectivity index (χ4n) is 1.39. The molecule has 0 bridgehead atoms. The topological polar surface area (TPSA) is 37.8 Å². The zero-order valence-electron chi connectivity index (χ0n) is 10.1. The average Bonchev–Trinajstić information content (AvgIpc) is 2.41. The largest absolute Gasteiger partial charge is 0.313 e. The van der Waals surface area contributed by atoms with E-state index in [9.17, 15) is 0 Å². The number of aromatic nitrogens is 2. The zero-order chi connectivity index (χ0) is 12.8. The molecule has 18 heavy (non-hydrogen) atoms. The molecular weight excluding hydrogens is 266 g/mol. The number of nitrogens with one attached hydrogen (secondary N) is 1. The molecule has 0 unspecified atom stereocenters. The second kappa shape index (κ2) is 6.73. The van der Waals surface area contributed by atoms with E-state index >= 15 is 0 Å². The van der Waals surface area contributed by atoms with Gasteiger partial charge in [0, 0.05) is 18.9 Å². The summed E-state index contributed by atoms with van der Waals surface area (Å²) < 4.78 is 0. The van der Waals surface area contributed by atoms with E-state index < -0.39 is 0 Å². The van der Waals surface area contributed by atoms with Crippen LogP contribution in [0.25, 0.3) is 0 Å². The van der Waals surface area contributed by atoms with Crippen LogP contribution in [0.1, 0.15) is 12.5 Å². The highest BCUT2D eigenvalue weighted by atomic mass is 35.5. The van der Waals surface area contributed by atoms with Gasteiger partial charge in [0.05, 0.1) is 5.02 Å². The highest BCUT2D eigenvalue weighted by Crippen LogP contribution is 2.29. The van der Waals surface area contributed by atoms with E-state index in [4.69, 9.17) is 11.6 Å². The molecule has 0 aromatic carbocycles. The van der Waals surface area contributed by atoms with Crippen molar-refractivity contribution in [2.45, 2.75) is 23.5 Å². The fraction of sp³-hybridized carbons (Fsp3) is 0.231. The first kappa shape index (κ1) is 13.3. The van der Waals surface area contributed by atoms with Gasteiger partial charge in [0.2, 0.25) is 0 Å². The number of nitrogens with zero attached hydrogens (tertiary/aromatic N) is 2. The van der Waals surface area contributed by atoms with Crippen molar-refractivity contribution in [2.75, 3.05) is 6.54 Å². The average molecular weight is 280 g/mol. The lowest BCUT2D eigenvalue weighted by Crippen LogP contribution is -2.11. The summed E-state index contributed by atoms with van der Waals surface area (Å²) in [5.41, 5.74) is 1.17. The number of hydrogen-bond acceptors (Lipinski definition) is 4. The fourth-order valence-corrected chi connectivity index (χ4v) is 2.35. The van der Waals surface area contributed by atoms with Gasteiger partial charge in [-0.15, -0.1) is 0 Å². The molecular formula is C13H14ClN3S. The molecule has 94 valence electrons. The van der Waals surface area contributed by atoms with Crippen molar-refractivity contribution in [1.82, 2.24) is 15.3 Å². The van der Waals surface area contributed by atoms with Crippen molar-refractivity contribution in [3.63, 3.8) is 0 Å². The van der Waals surface area contributed by atoms with Crippen LogP contribution in [0.5, 0.6) is 0 Å². The van der Waals surface area contributed by atoms with Gasteiger partial charge in [-0.3, -0.25) is 0 Å². The quantitative estimate of drug-likeness (QED) is 0.910. The molecule has 0 saturated heterocycles. The molecule has 2 rings (SSSR count). The normalized spacial score (nSPS) is 10.6. The van der Waals surface area contributed by atoms with Crippen molar-refractivity contribution in [3.05, 3.63) is 47.2 Å². The van der Waals surface area contributed by atoms with E-state index in [2.05, 4.69) is 28.3 Å². The molecule has 0 radical (unpaired) electrons. The SMILES string of the molecule is CCNCc1ccc(Sc2ncccc2Cl)nc1. The Balaban J connectivity index is 2.04. The number of rotatable bonds is 5. The van der Waals surface area contributed by atoms with E-state index in [0.29, 0.717) is 5.02 Å². The van der Waals surface area contributed by atoms with Crippen molar-refractivity contribution in [2.24, 2.45) is 0 Å². The molecule has 0 amide bonds. The van der Waals surface area contributed by atoms with E-state index in [0.717, 1.165) is 23.1 Å². The Hall–Kier alpha value is -1.10. The minimum absolute atomic E-state index is 0.654. The van der Waals surface area contributed by atoms with Crippen LogP contribution in [-0.4, -0.2) is 16.5 Å². The van der Waals surface area contributed by atoms with Gasteiger partial charge in [-0.05, 0) is 42.1 Å². The first-order valence-corrected chi connectivity index (χ1v) is 6.93. The van der Waals surface area contributed by atoms with Gasteiger partial charge in [-0.1, -0.05) is 24.6 Å². The van der Waals surface area contributed by atoms with E-state index in [-0.39, 0.29) is 0 Å². The van der Waals surface area contributed by atoms with Crippen LogP contribution in [0.2, 0.25) is 5.02 Å². The van der Waals surface area contributed by atoms with Gasteiger partial charge >= 0.3 is 0 Å². The Labute approximate surface area is 116 Å². The summed E-state index contributed by atoms with van der Waals surface area (Å²) >= 11 is 7.53. The predicted octanol–water partition coefficient (Wildman–Crippen LogP) is 3.39. The number of halogens is 1. The van der Waals surface area contributed by atoms with Gasteiger partial charge in [-0.2, -0.15) is 0 Å². The van der Waals surface area contributed by atoms with Crippen LogP contribution in [0, 0.1) is 0 Å².